The minimum Gasteiger partial charge on any atom is -0.260 e. The van der Waals surface area contributed by atoms with E-state index in [-0.39, 0.29) is 0 Å². The van der Waals surface area contributed by atoms with Gasteiger partial charge in [0, 0.05) is 12.6 Å². The van der Waals surface area contributed by atoms with Crippen molar-refractivity contribution in [1.29, 1.82) is 0 Å². The average molecular weight is 173 g/mol. The number of rotatable bonds is 1. The molecule has 0 saturated carbocycles. The van der Waals surface area contributed by atoms with Gasteiger partial charge in [-0.25, -0.2) is 0 Å². The van der Waals surface area contributed by atoms with E-state index in [1.165, 1.54) is 22.4 Å². The molecule has 2 rings (SSSR count). The van der Waals surface area contributed by atoms with E-state index in [0.29, 0.717) is 5.92 Å². The first kappa shape index (κ1) is 8.49. The summed E-state index contributed by atoms with van der Waals surface area (Å²) in [5, 5.41) is 0. The maximum atomic E-state index is 4.48. The average Bonchev–Trinajstić information content (AvgIpc) is 2.52. The second-order valence-electron chi connectivity index (χ2n) is 3.96. The molecule has 0 radical (unpaired) electrons. The van der Waals surface area contributed by atoms with Gasteiger partial charge < -0.3 is 0 Å². The number of hydrogen-bond acceptors (Lipinski definition) is 1. The highest BCUT2D eigenvalue weighted by atomic mass is 14.7. The van der Waals surface area contributed by atoms with Crippen molar-refractivity contribution in [1.82, 2.24) is 4.98 Å². The van der Waals surface area contributed by atoms with Crippen molar-refractivity contribution in [3.05, 3.63) is 34.7 Å². The molecule has 0 saturated heterocycles. The van der Waals surface area contributed by atoms with Crippen molar-refractivity contribution in [2.45, 2.75) is 33.1 Å². The van der Waals surface area contributed by atoms with E-state index in [9.17, 15) is 0 Å². The summed E-state index contributed by atoms with van der Waals surface area (Å²) < 4.78 is 0. The molecule has 0 bridgehead atoms. The Balaban J connectivity index is 2.58. The van der Waals surface area contributed by atoms with Gasteiger partial charge in [0.05, 0.1) is 5.69 Å². The molecule has 1 aromatic rings. The number of nitrogens with zero attached hydrogens (tertiary/aromatic N) is 1. The molecule has 1 aliphatic carbocycles. The van der Waals surface area contributed by atoms with Gasteiger partial charge in [-0.3, -0.25) is 4.98 Å². The van der Waals surface area contributed by atoms with Gasteiger partial charge in [0.1, 0.15) is 0 Å². The van der Waals surface area contributed by atoms with Gasteiger partial charge in [0.15, 0.2) is 0 Å². The molecule has 0 aromatic carbocycles. The second kappa shape index (κ2) is 2.99. The summed E-state index contributed by atoms with van der Waals surface area (Å²) in [7, 11) is 0. The Morgan fingerprint density at radius 3 is 2.85 bits per heavy atom. The largest absolute Gasteiger partial charge is 0.260 e. The van der Waals surface area contributed by atoms with Gasteiger partial charge in [-0.1, -0.05) is 26.0 Å². The van der Waals surface area contributed by atoms with Crippen LogP contribution in [0.3, 0.4) is 0 Å². The minimum absolute atomic E-state index is 0.576. The maximum Gasteiger partial charge on any atom is 0.0516 e. The lowest BCUT2D eigenvalue weighted by Gasteiger charge is -2.12. The van der Waals surface area contributed by atoms with E-state index < -0.39 is 0 Å². The highest BCUT2D eigenvalue weighted by Crippen LogP contribution is 2.27. The fourth-order valence-electron chi connectivity index (χ4n) is 1.94. The van der Waals surface area contributed by atoms with Crippen molar-refractivity contribution < 1.29 is 0 Å². The molecular weight excluding hydrogens is 158 g/mol. The molecule has 13 heavy (non-hydrogen) atoms. The van der Waals surface area contributed by atoms with Crippen LogP contribution in [0.5, 0.6) is 0 Å². The fourth-order valence-corrected chi connectivity index (χ4v) is 1.94. The lowest BCUT2D eigenvalue weighted by molar-refractivity contribution is 0.842. The Labute approximate surface area is 79.5 Å². The lowest BCUT2D eigenvalue weighted by atomic mass is 9.96. The van der Waals surface area contributed by atoms with Gasteiger partial charge in [0.2, 0.25) is 0 Å². The molecule has 1 aromatic heterocycles. The maximum absolute atomic E-state index is 4.48. The molecule has 0 spiro atoms. The van der Waals surface area contributed by atoms with E-state index in [1.807, 2.05) is 6.20 Å². The van der Waals surface area contributed by atoms with Crippen LogP contribution in [0.15, 0.2) is 12.3 Å². The Morgan fingerprint density at radius 1 is 1.38 bits per heavy atom. The number of aromatic nitrogens is 1. The fraction of sp³-hybridized carbons (Fsp3) is 0.417. The van der Waals surface area contributed by atoms with Crippen molar-refractivity contribution in [2.24, 2.45) is 0 Å². The molecule has 0 atom stereocenters. The Hall–Kier alpha value is -1.11. The molecule has 0 amide bonds. The number of hydrogen-bond donors (Lipinski definition) is 0. The number of fused-ring (bicyclic) bond motifs is 1. The van der Waals surface area contributed by atoms with E-state index in [4.69, 9.17) is 0 Å². The van der Waals surface area contributed by atoms with Crippen LogP contribution < -0.4 is 0 Å². The molecule has 1 heterocycles. The summed E-state index contributed by atoms with van der Waals surface area (Å²) in [6.07, 6.45) is 7.43. The van der Waals surface area contributed by atoms with Gasteiger partial charge in [-0.2, -0.15) is 0 Å². The molecular formula is C12H15N. The van der Waals surface area contributed by atoms with E-state index >= 15 is 0 Å². The summed E-state index contributed by atoms with van der Waals surface area (Å²) in [4.78, 5) is 4.48. The topological polar surface area (TPSA) is 12.9 Å². The zero-order valence-corrected chi connectivity index (χ0v) is 8.46. The molecule has 0 fully saturated rings. The first-order chi connectivity index (χ1) is 6.20. The normalized spacial score (nSPS) is 13.8. The van der Waals surface area contributed by atoms with Crippen molar-refractivity contribution >= 4 is 6.08 Å². The van der Waals surface area contributed by atoms with Crippen LogP contribution in [-0.4, -0.2) is 4.98 Å². The molecule has 0 aliphatic heterocycles. The van der Waals surface area contributed by atoms with E-state index in [1.54, 1.807) is 0 Å². The van der Waals surface area contributed by atoms with Crippen LogP contribution in [0, 0.1) is 6.92 Å². The summed E-state index contributed by atoms with van der Waals surface area (Å²) in [5.41, 5.74) is 5.38. The summed E-state index contributed by atoms with van der Waals surface area (Å²) >= 11 is 0. The summed E-state index contributed by atoms with van der Waals surface area (Å²) in [6.45, 7) is 6.63. The SMILES string of the molecule is Cc1c(C(C)C)cnc2c1C=CC2. The van der Waals surface area contributed by atoms with Crippen molar-refractivity contribution in [3.63, 3.8) is 0 Å². The van der Waals surface area contributed by atoms with Crippen LogP contribution in [-0.2, 0) is 6.42 Å². The second-order valence-corrected chi connectivity index (χ2v) is 3.96. The molecule has 1 aliphatic rings. The first-order valence-corrected chi connectivity index (χ1v) is 4.85. The number of pyridine rings is 1. The zero-order chi connectivity index (χ0) is 9.42. The third-order valence-corrected chi connectivity index (χ3v) is 2.73. The Morgan fingerprint density at radius 2 is 2.15 bits per heavy atom. The van der Waals surface area contributed by atoms with Gasteiger partial charge in [0.25, 0.3) is 0 Å². The molecule has 0 unspecified atom stereocenters. The van der Waals surface area contributed by atoms with Crippen LogP contribution in [0.25, 0.3) is 6.08 Å². The van der Waals surface area contributed by atoms with Crippen LogP contribution in [0.4, 0.5) is 0 Å². The van der Waals surface area contributed by atoms with E-state index in [0.717, 1.165) is 6.42 Å². The minimum atomic E-state index is 0.576. The quantitative estimate of drug-likeness (QED) is 0.636. The van der Waals surface area contributed by atoms with Gasteiger partial charge in [-0.05, 0) is 29.5 Å². The van der Waals surface area contributed by atoms with Crippen LogP contribution in [0.2, 0.25) is 0 Å². The smallest absolute Gasteiger partial charge is 0.0516 e. The van der Waals surface area contributed by atoms with Gasteiger partial charge in [-0.15, -0.1) is 0 Å². The standard InChI is InChI=1S/C12H15N/c1-8(2)11-7-13-12-6-4-5-10(12)9(11)3/h4-5,7-8H,6H2,1-3H3. The Bertz CT molecular complexity index is 362. The third kappa shape index (κ3) is 1.28. The summed E-state index contributed by atoms with van der Waals surface area (Å²) in [6, 6.07) is 0. The third-order valence-electron chi connectivity index (χ3n) is 2.73. The van der Waals surface area contributed by atoms with Gasteiger partial charge >= 0.3 is 0 Å². The Kier molecular flexibility index (Phi) is 1.95. The molecule has 68 valence electrons. The molecule has 0 N–H and O–H groups in total. The van der Waals surface area contributed by atoms with Crippen LogP contribution in [0.1, 0.15) is 42.1 Å². The van der Waals surface area contributed by atoms with Crippen molar-refractivity contribution in [3.8, 4) is 0 Å². The zero-order valence-electron chi connectivity index (χ0n) is 8.46. The predicted octanol–water partition coefficient (Wildman–Crippen LogP) is 3.08. The van der Waals surface area contributed by atoms with Crippen molar-refractivity contribution in [2.75, 3.05) is 0 Å². The highest BCUT2D eigenvalue weighted by molar-refractivity contribution is 5.62. The first-order valence-electron chi connectivity index (χ1n) is 4.85. The summed E-state index contributed by atoms with van der Waals surface area (Å²) in [5.74, 6) is 0.576. The van der Waals surface area contributed by atoms with E-state index in [2.05, 4.69) is 37.9 Å². The lowest BCUT2D eigenvalue weighted by Crippen LogP contribution is -1.99. The molecule has 1 heteroatoms. The van der Waals surface area contributed by atoms with Crippen LogP contribution >= 0.6 is 0 Å². The predicted molar refractivity (Wildman–Crippen MR) is 55.8 cm³/mol. The monoisotopic (exact) mass is 173 g/mol. The number of allylic oxidation sites excluding steroid dienone is 1. The highest BCUT2D eigenvalue weighted by Gasteiger charge is 2.13. The molecule has 1 nitrogen and oxygen atoms in total.